The number of carbonyl (C=O) groups excluding carboxylic acids is 1. The van der Waals surface area contributed by atoms with Gasteiger partial charge in [0.05, 0.1) is 17.1 Å². The number of nitrogens with zero attached hydrogens (tertiary/aromatic N) is 1. The molecule has 0 aliphatic rings. The molecule has 0 fully saturated rings. The highest BCUT2D eigenvalue weighted by Gasteiger charge is 2.11. The molecular formula is C15H14FN3OS. The number of hydrogen-bond donors (Lipinski definition) is 2. The van der Waals surface area contributed by atoms with Crippen LogP contribution in [-0.2, 0) is 6.42 Å². The molecule has 4 nitrogen and oxygen atoms in total. The zero-order chi connectivity index (χ0) is 15.1. The summed E-state index contributed by atoms with van der Waals surface area (Å²) in [4.78, 5) is 16.0. The quantitative estimate of drug-likeness (QED) is 0.842. The van der Waals surface area contributed by atoms with Gasteiger partial charge in [0.2, 0.25) is 0 Å². The first-order chi connectivity index (χ1) is 10.2. The fraction of sp³-hybridized carbons (Fsp3) is 0.200. The van der Waals surface area contributed by atoms with Gasteiger partial charge < -0.3 is 11.1 Å². The van der Waals surface area contributed by atoms with Gasteiger partial charge in [0, 0.05) is 30.1 Å². The van der Waals surface area contributed by atoms with Gasteiger partial charge in [-0.05, 0) is 18.2 Å². The summed E-state index contributed by atoms with van der Waals surface area (Å²) in [5.41, 5.74) is 5.76. The molecule has 0 saturated carbocycles. The van der Waals surface area contributed by atoms with Gasteiger partial charge in [0.1, 0.15) is 5.82 Å². The second kappa shape index (κ2) is 7.53. The molecule has 2 rings (SSSR count). The minimum absolute atomic E-state index is 0.00689. The highest BCUT2D eigenvalue weighted by molar-refractivity contribution is 7.09. The number of hydrogen-bond acceptors (Lipinski definition) is 4. The third kappa shape index (κ3) is 4.38. The van der Waals surface area contributed by atoms with E-state index in [4.69, 9.17) is 5.73 Å². The summed E-state index contributed by atoms with van der Waals surface area (Å²) in [7, 11) is 0. The third-order valence-electron chi connectivity index (χ3n) is 2.66. The largest absolute Gasteiger partial charge is 0.352 e. The Kier molecular flexibility index (Phi) is 5.43. The number of rotatable bonds is 4. The van der Waals surface area contributed by atoms with E-state index in [1.807, 2.05) is 5.38 Å². The third-order valence-corrected chi connectivity index (χ3v) is 3.50. The SMILES string of the molecule is NCC#Cc1ccc(C(=O)NCCc2nccs2)c(F)c1. The Hall–Kier alpha value is -2.23. The summed E-state index contributed by atoms with van der Waals surface area (Å²) < 4.78 is 13.9. The summed E-state index contributed by atoms with van der Waals surface area (Å²) >= 11 is 1.52. The summed E-state index contributed by atoms with van der Waals surface area (Å²) in [6.07, 6.45) is 2.34. The Labute approximate surface area is 126 Å². The van der Waals surface area contributed by atoms with Crippen LogP contribution in [0.5, 0.6) is 0 Å². The lowest BCUT2D eigenvalue weighted by atomic mass is 10.1. The molecule has 0 saturated heterocycles. The number of aromatic nitrogens is 1. The molecule has 0 aliphatic heterocycles. The van der Waals surface area contributed by atoms with Gasteiger partial charge in [0.25, 0.3) is 5.91 Å². The summed E-state index contributed by atoms with van der Waals surface area (Å²) in [6, 6.07) is 4.26. The standard InChI is InChI=1S/C15H14FN3OS/c16-13-10-11(2-1-6-17)3-4-12(13)15(20)19-7-5-14-18-8-9-21-14/h3-4,8-10H,5-7,17H2,(H,19,20). The minimum Gasteiger partial charge on any atom is -0.352 e. The molecule has 0 spiro atoms. The van der Waals surface area contributed by atoms with Gasteiger partial charge in [-0.3, -0.25) is 4.79 Å². The smallest absolute Gasteiger partial charge is 0.254 e. The molecule has 0 aliphatic carbocycles. The predicted molar refractivity (Wildman–Crippen MR) is 80.5 cm³/mol. The number of halogens is 1. The average Bonchev–Trinajstić information content (AvgIpc) is 2.98. The van der Waals surface area contributed by atoms with Crippen LogP contribution >= 0.6 is 11.3 Å². The normalized spacial score (nSPS) is 9.81. The zero-order valence-electron chi connectivity index (χ0n) is 11.2. The molecule has 21 heavy (non-hydrogen) atoms. The lowest BCUT2D eigenvalue weighted by Crippen LogP contribution is -2.26. The van der Waals surface area contributed by atoms with Crippen LogP contribution < -0.4 is 11.1 Å². The lowest BCUT2D eigenvalue weighted by Gasteiger charge is -2.05. The van der Waals surface area contributed by atoms with E-state index in [1.165, 1.54) is 23.5 Å². The Morgan fingerprint density at radius 3 is 3.00 bits per heavy atom. The number of amides is 1. The lowest BCUT2D eigenvalue weighted by molar-refractivity contribution is 0.0950. The van der Waals surface area contributed by atoms with E-state index in [2.05, 4.69) is 22.1 Å². The van der Waals surface area contributed by atoms with E-state index in [-0.39, 0.29) is 12.1 Å². The Morgan fingerprint density at radius 1 is 1.48 bits per heavy atom. The second-order valence-corrected chi connectivity index (χ2v) is 5.11. The fourth-order valence-corrected chi connectivity index (χ4v) is 2.31. The van der Waals surface area contributed by atoms with Gasteiger partial charge in [-0.25, -0.2) is 9.37 Å². The van der Waals surface area contributed by atoms with E-state index in [0.717, 1.165) is 5.01 Å². The molecule has 108 valence electrons. The molecule has 1 amide bonds. The molecule has 6 heteroatoms. The Balaban J connectivity index is 1.95. The van der Waals surface area contributed by atoms with Crippen molar-refractivity contribution >= 4 is 17.2 Å². The molecule has 1 heterocycles. The van der Waals surface area contributed by atoms with Crippen LogP contribution in [0, 0.1) is 17.7 Å². The first kappa shape index (κ1) is 15.2. The summed E-state index contributed by atoms with van der Waals surface area (Å²) in [5.74, 6) is 4.32. The number of nitrogens with two attached hydrogens (primary N) is 1. The van der Waals surface area contributed by atoms with Gasteiger partial charge >= 0.3 is 0 Å². The molecule has 0 unspecified atom stereocenters. The number of nitrogens with one attached hydrogen (secondary N) is 1. The van der Waals surface area contributed by atoms with Crippen molar-refractivity contribution in [2.75, 3.05) is 13.1 Å². The zero-order valence-corrected chi connectivity index (χ0v) is 12.0. The van der Waals surface area contributed by atoms with Gasteiger partial charge in [-0.15, -0.1) is 11.3 Å². The van der Waals surface area contributed by atoms with E-state index in [1.54, 1.807) is 12.3 Å². The molecule has 0 atom stereocenters. The maximum atomic E-state index is 13.9. The first-order valence-corrected chi connectivity index (χ1v) is 7.23. The number of carbonyl (C=O) groups is 1. The second-order valence-electron chi connectivity index (χ2n) is 4.13. The number of thiazole rings is 1. The Bertz CT molecular complexity index is 674. The molecular weight excluding hydrogens is 289 g/mol. The summed E-state index contributed by atoms with van der Waals surface area (Å²) in [6.45, 7) is 0.626. The van der Waals surface area contributed by atoms with Gasteiger partial charge in [-0.2, -0.15) is 0 Å². The van der Waals surface area contributed by atoms with Crippen LogP contribution in [-0.4, -0.2) is 24.0 Å². The fourth-order valence-electron chi connectivity index (χ4n) is 1.68. The maximum Gasteiger partial charge on any atom is 0.254 e. The molecule has 2 aromatic rings. The van der Waals surface area contributed by atoms with Crippen LogP contribution in [0.3, 0.4) is 0 Å². The highest BCUT2D eigenvalue weighted by Crippen LogP contribution is 2.10. The van der Waals surface area contributed by atoms with E-state index in [0.29, 0.717) is 18.5 Å². The monoisotopic (exact) mass is 303 g/mol. The van der Waals surface area contributed by atoms with Crippen molar-refractivity contribution in [3.63, 3.8) is 0 Å². The highest BCUT2D eigenvalue weighted by atomic mass is 32.1. The maximum absolute atomic E-state index is 13.9. The van der Waals surface area contributed by atoms with Crippen molar-refractivity contribution in [3.05, 3.63) is 51.7 Å². The predicted octanol–water partition coefficient (Wildman–Crippen LogP) is 1.56. The molecule has 1 aromatic carbocycles. The van der Waals surface area contributed by atoms with Gasteiger partial charge in [0.15, 0.2) is 0 Å². The van der Waals surface area contributed by atoms with Crippen LogP contribution in [0.25, 0.3) is 0 Å². The van der Waals surface area contributed by atoms with Crippen molar-refractivity contribution in [1.29, 1.82) is 0 Å². The minimum atomic E-state index is -0.592. The van der Waals surface area contributed by atoms with Gasteiger partial charge in [-0.1, -0.05) is 11.8 Å². The average molecular weight is 303 g/mol. The van der Waals surface area contributed by atoms with E-state index >= 15 is 0 Å². The van der Waals surface area contributed by atoms with Crippen LogP contribution in [0.1, 0.15) is 20.9 Å². The van der Waals surface area contributed by atoms with Crippen molar-refractivity contribution in [1.82, 2.24) is 10.3 Å². The molecule has 0 radical (unpaired) electrons. The molecule has 0 bridgehead atoms. The van der Waals surface area contributed by atoms with Crippen molar-refractivity contribution in [2.45, 2.75) is 6.42 Å². The van der Waals surface area contributed by atoms with Crippen LogP contribution in [0.15, 0.2) is 29.8 Å². The topological polar surface area (TPSA) is 68.0 Å². The Morgan fingerprint density at radius 2 is 2.33 bits per heavy atom. The first-order valence-electron chi connectivity index (χ1n) is 6.36. The van der Waals surface area contributed by atoms with Crippen LogP contribution in [0.4, 0.5) is 4.39 Å². The van der Waals surface area contributed by atoms with Crippen molar-refractivity contribution in [2.24, 2.45) is 5.73 Å². The molecule has 3 N–H and O–H groups in total. The van der Waals surface area contributed by atoms with E-state index in [9.17, 15) is 9.18 Å². The summed E-state index contributed by atoms with van der Waals surface area (Å²) in [5, 5.41) is 5.48. The number of benzene rings is 1. The van der Waals surface area contributed by atoms with E-state index < -0.39 is 11.7 Å². The van der Waals surface area contributed by atoms with Crippen LogP contribution in [0.2, 0.25) is 0 Å². The molecule has 1 aromatic heterocycles. The van der Waals surface area contributed by atoms with Crippen molar-refractivity contribution < 1.29 is 9.18 Å². The van der Waals surface area contributed by atoms with Crippen molar-refractivity contribution in [3.8, 4) is 11.8 Å².